The van der Waals surface area contributed by atoms with Crippen LogP contribution in [0.4, 0.5) is 21.9 Å². The van der Waals surface area contributed by atoms with Crippen LogP contribution in [0.5, 0.6) is 5.75 Å². The third-order valence-corrected chi connectivity index (χ3v) is 5.72. The summed E-state index contributed by atoms with van der Waals surface area (Å²) in [6.07, 6.45) is 0.921. The van der Waals surface area contributed by atoms with Crippen LogP contribution in [-0.4, -0.2) is 31.6 Å². The second-order valence-electron chi connectivity index (χ2n) is 8.61. The van der Waals surface area contributed by atoms with E-state index in [-0.39, 0.29) is 11.9 Å². The zero-order valence-electron chi connectivity index (χ0n) is 19.7. The predicted octanol–water partition coefficient (Wildman–Crippen LogP) is 5.04. The van der Waals surface area contributed by atoms with Crippen molar-refractivity contribution in [2.24, 2.45) is 0 Å². The monoisotopic (exact) mass is 458 g/mol. The number of ether oxygens (including phenoxy) is 1. The predicted molar refractivity (Wildman–Crippen MR) is 136 cm³/mol. The number of rotatable bonds is 6. The lowest BCUT2D eigenvalue weighted by Crippen LogP contribution is -2.35. The van der Waals surface area contributed by atoms with Crippen LogP contribution < -0.4 is 25.6 Å². The standard InChI is InChI=1S/C27H30N4O3/c1-18(2)28-26(32)24-16-22(30-27(33)29-21-9-6-10-23(15-21)34-3)11-12-25(24)31-14-13-19-7-4-5-8-20(19)17-31/h4-12,15-16,18H,13-14,17H2,1-3H3,(H,28,32)(H2,29,30,33). The van der Waals surface area contributed by atoms with Gasteiger partial charge in [-0.05, 0) is 61.7 Å². The molecule has 3 amide bonds. The van der Waals surface area contributed by atoms with E-state index in [2.05, 4.69) is 39.0 Å². The molecule has 0 radical (unpaired) electrons. The molecule has 7 nitrogen and oxygen atoms in total. The molecule has 7 heteroatoms. The van der Waals surface area contributed by atoms with Gasteiger partial charge < -0.3 is 25.6 Å². The van der Waals surface area contributed by atoms with Crippen LogP contribution in [0, 0.1) is 0 Å². The van der Waals surface area contributed by atoms with E-state index >= 15 is 0 Å². The summed E-state index contributed by atoms with van der Waals surface area (Å²) in [6.45, 7) is 5.42. The van der Waals surface area contributed by atoms with Gasteiger partial charge in [-0.2, -0.15) is 0 Å². The van der Waals surface area contributed by atoms with Gasteiger partial charge in [0.15, 0.2) is 0 Å². The number of anilines is 3. The van der Waals surface area contributed by atoms with E-state index in [1.807, 2.05) is 32.0 Å². The second kappa shape index (κ2) is 10.3. The van der Waals surface area contributed by atoms with Gasteiger partial charge in [0.25, 0.3) is 5.91 Å². The maximum Gasteiger partial charge on any atom is 0.323 e. The Labute approximate surface area is 200 Å². The van der Waals surface area contributed by atoms with Crippen molar-refractivity contribution in [2.45, 2.75) is 32.9 Å². The number of methoxy groups -OCH3 is 1. The smallest absolute Gasteiger partial charge is 0.323 e. The molecular weight excluding hydrogens is 428 g/mol. The van der Waals surface area contributed by atoms with Crippen molar-refractivity contribution in [3.05, 3.63) is 83.4 Å². The van der Waals surface area contributed by atoms with Crippen LogP contribution in [0.15, 0.2) is 66.7 Å². The first-order valence-corrected chi connectivity index (χ1v) is 11.4. The van der Waals surface area contributed by atoms with E-state index < -0.39 is 6.03 Å². The molecule has 0 saturated carbocycles. The highest BCUT2D eigenvalue weighted by Gasteiger charge is 2.22. The van der Waals surface area contributed by atoms with Crippen molar-refractivity contribution in [3.8, 4) is 5.75 Å². The largest absolute Gasteiger partial charge is 0.497 e. The van der Waals surface area contributed by atoms with Gasteiger partial charge in [0.05, 0.1) is 12.7 Å². The molecule has 176 valence electrons. The molecule has 0 spiro atoms. The SMILES string of the molecule is COc1cccc(NC(=O)Nc2ccc(N3CCc4ccccc4C3)c(C(=O)NC(C)C)c2)c1. The Bertz CT molecular complexity index is 1190. The minimum absolute atomic E-state index is 0.00425. The van der Waals surface area contributed by atoms with Crippen molar-refractivity contribution in [3.63, 3.8) is 0 Å². The van der Waals surface area contributed by atoms with E-state index in [0.717, 1.165) is 25.2 Å². The first kappa shape index (κ1) is 23.2. The molecule has 0 aromatic heterocycles. The number of urea groups is 1. The van der Waals surface area contributed by atoms with Crippen LogP contribution in [0.3, 0.4) is 0 Å². The lowest BCUT2D eigenvalue weighted by molar-refractivity contribution is 0.0943. The number of amides is 3. The number of carbonyl (C=O) groups excluding carboxylic acids is 2. The van der Waals surface area contributed by atoms with Crippen molar-refractivity contribution in [2.75, 3.05) is 29.2 Å². The highest BCUT2D eigenvalue weighted by atomic mass is 16.5. The quantitative estimate of drug-likeness (QED) is 0.483. The van der Waals surface area contributed by atoms with Gasteiger partial charge in [-0.1, -0.05) is 30.3 Å². The molecule has 0 aliphatic carbocycles. The molecule has 0 atom stereocenters. The van der Waals surface area contributed by atoms with Crippen molar-refractivity contribution in [1.82, 2.24) is 5.32 Å². The Kier molecular flexibility index (Phi) is 7.01. The lowest BCUT2D eigenvalue weighted by atomic mass is 9.98. The van der Waals surface area contributed by atoms with Crippen molar-refractivity contribution >= 4 is 29.0 Å². The highest BCUT2D eigenvalue weighted by Crippen LogP contribution is 2.30. The van der Waals surface area contributed by atoms with Crippen LogP contribution in [0.25, 0.3) is 0 Å². The normalized spacial score (nSPS) is 12.6. The average molecular weight is 459 g/mol. The Morgan fingerprint density at radius 1 is 0.912 bits per heavy atom. The summed E-state index contributed by atoms with van der Waals surface area (Å²) < 4.78 is 5.20. The maximum absolute atomic E-state index is 13.1. The number of hydrogen-bond acceptors (Lipinski definition) is 4. The lowest BCUT2D eigenvalue weighted by Gasteiger charge is -2.32. The van der Waals surface area contributed by atoms with E-state index in [4.69, 9.17) is 4.74 Å². The summed E-state index contributed by atoms with van der Waals surface area (Å²) in [7, 11) is 1.57. The molecule has 1 heterocycles. The Balaban J connectivity index is 1.56. The topological polar surface area (TPSA) is 82.7 Å². The molecule has 3 aromatic carbocycles. The first-order chi connectivity index (χ1) is 16.4. The Morgan fingerprint density at radius 2 is 1.65 bits per heavy atom. The maximum atomic E-state index is 13.1. The van der Waals surface area contributed by atoms with Gasteiger partial charge in [-0.15, -0.1) is 0 Å². The number of nitrogens with zero attached hydrogens (tertiary/aromatic N) is 1. The van der Waals surface area contributed by atoms with Gasteiger partial charge >= 0.3 is 6.03 Å². The minimum atomic E-state index is -0.400. The minimum Gasteiger partial charge on any atom is -0.497 e. The number of fused-ring (bicyclic) bond motifs is 1. The summed E-state index contributed by atoms with van der Waals surface area (Å²) in [5.74, 6) is 0.485. The zero-order valence-corrected chi connectivity index (χ0v) is 19.7. The molecular formula is C27H30N4O3. The molecule has 3 N–H and O–H groups in total. The van der Waals surface area contributed by atoms with Gasteiger partial charge in [0.2, 0.25) is 0 Å². The van der Waals surface area contributed by atoms with Crippen molar-refractivity contribution in [1.29, 1.82) is 0 Å². The first-order valence-electron chi connectivity index (χ1n) is 11.4. The van der Waals surface area contributed by atoms with Gasteiger partial charge in [-0.25, -0.2) is 4.79 Å². The van der Waals surface area contributed by atoms with Gasteiger partial charge in [0.1, 0.15) is 5.75 Å². The molecule has 4 rings (SSSR count). The Hall–Kier alpha value is -4.00. The summed E-state index contributed by atoms with van der Waals surface area (Å²) in [5.41, 5.74) is 5.15. The Morgan fingerprint density at radius 3 is 2.38 bits per heavy atom. The number of hydrogen-bond donors (Lipinski definition) is 3. The van der Waals surface area contributed by atoms with Crippen LogP contribution >= 0.6 is 0 Å². The van der Waals surface area contributed by atoms with Gasteiger partial charge in [-0.3, -0.25) is 4.79 Å². The number of carbonyl (C=O) groups is 2. The molecule has 1 aliphatic heterocycles. The average Bonchev–Trinajstić information content (AvgIpc) is 2.83. The molecule has 1 aliphatic rings. The van der Waals surface area contributed by atoms with Gasteiger partial charge in [0, 0.05) is 42.3 Å². The van der Waals surface area contributed by atoms with Crippen molar-refractivity contribution < 1.29 is 14.3 Å². The third kappa shape index (κ3) is 5.49. The van der Waals surface area contributed by atoms with E-state index in [1.165, 1.54) is 11.1 Å². The fourth-order valence-electron chi connectivity index (χ4n) is 4.11. The third-order valence-electron chi connectivity index (χ3n) is 5.72. The van der Waals surface area contributed by atoms with Crippen LogP contribution in [0.2, 0.25) is 0 Å². The van der Waals surface area contributed by atoms with Crippen LogP contribution in [-0.2, 0) is 13.0 Å². The van der Waals surface area contributed by atoms with E-state index in [0.29, 0.717) is 22.7 Å². The fraction of sp³-hybridized carbons (Fsp3) is 0.259. The van der Waals surface area contributed by atoms with Crippen LogP contribution in [0.1, 0.15) is 35.3 Å². The highest BCUT2D eigenvalue weighted by molar-refractivity contribution is 6.04. The molecule has 0 fully saturated rings. The molecule has 0 bridgehead atoms. The summed E-state index contributed by atoms with van der Waals surface area (Å²) in [6, 6.07) is 20.6. The number of benzene rings is 3. The second-order valence-corrected chi connectivity index (χ2v) is 8.61. The zero-order chi connectivity index (χ0) is 24.1. The molecule has 34 heavy (non-hydrogen) atoms. The fourth-order valence-corrected chi connectivity index (χ4v) is 4.11. The van der Waals surface area contributed by atoms with E-state index in [1.54, 1.807) is 37.4 Å². The summed E-state index contributed by atoms with van der Waals surface area (Å²) in [5, 5.41) is 8.61. The summed E-state index contributed by atoms with van der Waals surface area (Å²) >= 11 is 0. The molecule has 3 aromatic rings. The number of nitrogens with one attached hydrogen (secondary N) is 3. The summed E-state index contributed by atoms with van der Waals surface area (Å²) in [4.78, 5) is 27.9. The molecule has 0 unspecified atom stereocenters. The van der Waals surface area contributed by atoms with E-state index in [9.17, 15) is 9.59 Å². The molecule has 0 saturated heterocycles.